The minimum absolute atomic E-state index is 0.152. The van der Waals surface area contributed by atoms with Gasteiger partial charge in [0.1, 0.15) is 5.82 Å². The van der Waals surface area contributed by atoms with Crippen molar-refractivity contribution in [3.8, 4) is 0 Å². The first-order chi connectivity index (χ1) is 13.6. The average molecular weight is 397 g/mol. The van der Waals surface area contributed by atoms with Crippen LogP contribution in [0.2, 0.25) is 0 Å². The Morgan fingerprint density at radius 2 is 1.86 bits per heavy atom. The quantitative estimate of drug-likeness (QED) is 0.717. The van der Waals surface area contributed by atoms with Crippen molar-refractivity contribution < 1.29 is 9.59 Å². The summed E-state index contributed by atoms with van der Waals surface area (Å²) < 4.78 is 1.51. The monoisotopic (exact) mass is 397 g/mol. The highest BCUT2D eigenvalue weighted by Gasteiger charge is 2.25. The zero-order valence-corrected chi connectivity index (χ0v) is 16.1. The Bertz CT molecular complexity index is 963. The second-order valence-corrected chi connectivity index (χ2v) is 7.25. The number of piperazine rings is 1. The number of rotatable bonds is 4. The molecule has 0 unspecified atom stereocenters. The molecule has 28 heavy (non-hydrogen) atoms. The van der Waals surface area contributed by atoms with Crippen LogP contribution in [0.25, 0.3) is 0 Å². The maximum Gasteiger partial charge on any atom is 0.274 e. The van der Waals surface area contributed by atoms with Crippen molar-refractivity contribution in [1.82, 2.24) is 24.6 Å². The molecule has 1 saturated heterocycles. The lowest BCUT2D eigenvalue weighted by Crippen LogP contribution is -2.49. The smallest absolute Gasteiger partial charge is 0.274 e. The van der Waals surface area contributed by atoms with Crippen LogP contribution in [0.3, 0.4) is 0 Å². The van der Waals surface area contributed by atoms with E-state index in [2.05, 4.69) is 25.3 Å². The van der Waals surface area contributed by atoms with Crippen LogP contribution in [0.1, 0.15) is 20.2 Å². The van der Waals surface area contributed by atoms with Crippen molar-refractivity contribution in [3.63, 3.8) is 0 Å². The maximum absolute atomic E-state index is 12.8. The van der Waals surface area contributed by atoms with Gasteiger partial charge in [-0.25, -0.2) is 9.97 Å². The normalized spacial score (nSPS) is 14.2. The van der Waals surface area contributed by atoms with Crippen LogP contribution in [-0.4, -0.2) is 62.6 Å². The topological polar surface area (TPSA) is 96.2 Å². The van der Waals surface area contributed by atoms with Gasteiger partial charge in [0.25, 0.3) is 11.8 Å². The number of aryl methyl sites for hydroxylation is 1. The SMILES string of the molecule is Cn1nc(C(=O)N2CCN(c3ncccn3)CC2)cc1NC(=O)c1cccs1. The van der Waals surface area contributed by atoms with Crippen molar-refractivity contribution in [2.45, 2.75) is 0 Å². The molecule has 4 rings (SSSR count). The number of thiophene rings is 1. The van der Waals surface area contributed by atoms with E-state index < -0.39 is 0 Å². The minimum atomic E-state index is -0.214. The molecule has 1 fully saturated rings. The molecule has 0 saturated carbocycles. The van der Waals surface area contributed by atoms with Crippen LogP contribution in [0, 0.1) is 0 Å². The predicted molar refractivity (Wildman–Crippen MR) is 106 cm³/mol. The largest absolute Gasteiger partial charge is 0.337 e. The van der Waals surface area contributed by atoms with Gasteiger partial charge in [-0.15, -0.1) is 11.3 Å². The number of nitrogens with zero attached hydrogens (tertiary/aromatic N) is 6. The van der Waals surface area contributed by atoms with Crippen molar-refractivity contribution >= 4 is 34.9 Å². The zero-order valence-electron chi connectivity index (χ0n) is 15.3. The van der Waals surface area contributed by atoms with Gasteiger partial charge in [-0.05, 0) is 17.5 Å². The number of carbonyl (C=O) groups excluding carboxylic acids is 2. The van der Waals surface area contributed by atoms with Gasteiger partial charge < -0.3 is 15.1 Å². The summed E-state index contributed by atoms with van der Waals surface area (Å²) in [6.07, 6.45) is 3.42. The molecule has 0 bridgehead atoms. The number of hydrogen-bond acceptors (Lipinski definition) is 7. The molecular weight excluding hydrogens is 378 g/mol. The third-order valence-electron chi connectivity index (χ3n) is 4.49. The molecule has 1 N–H and O–H groups in total. The number of nitrogens with one attached hydrogen (secondary N) is 1. The number of amides is 2. The van der Waals surface area contributed by atoms with E-state index in [-0.39, 0.29) is 11.8 Å². The summed E-state index contributed by atoms with van der Waals surface area (Å²) >= 11 is 1.36. The molecule has 2 amide bonds. The Kier molecular flexibility index (Phi) is 5.02. The standard InChI is InChI=1S/C18H19N7O2S/c1-23-15(21-16(26)14-4-2-11-28-14)12-13(22-23)17(27)24-7-9-25(10-8-24)18-19-5-3-6-20-18/h2-6,11-12H,7-10H2,1H3,(H,21,26). The second-order valence-electron chi connectivity index (χ2n) is 6.30. The molecule has 0 atom stereocenters. The summed E-state index contributed by atoms with van der Waals surface area (Å²) in [6.45, 7) is 2.43. The number of hydrogen-bond donors (Lipinski definition) is 1. The Balaban J connectivity index is 1.40. The van der Waals surface area contributed by atoms with E-state index in [1.165, 1.54) is 16.0 Å². The van der Waals surface area contributed by atoms with E-state index in [0.29, 0.717) is 48.5 Å². The second kappa shape index (κ2) is 7.77. The van der Waals surface area contributed by atoms with E-state index >= 15 is 0 Å². The highest BCUT2D eigenvalue weighted by Crippen LogP contribution is 2.17. The zero-order chi connectivity index (χ0) is 19.5. The molecule has 144 valence electrons. The molecule has 4 heterocycles. The number of aromatic nitrogens is 4. The van der Waals surface area contributed by atoms with Crippen LogP contribution in [0.5, 0.6) is 0 Å². The summed E-state index contributed by atoms with van der Waals surface area (Å²) in [6, 6.07) is 6.95. The van der Waals surface area contributed by atoms with Crippen LogP contribution in [0.15, 0.2) is 42.0 Å². The Labute approximate surface area is 165 Å². The van der Waals surface area contributed by atoms with Crippen molar-refractivity contribution in [2.24, 2.45) is 7.05 Å². The first kappa shape index (κ1) is 18.1. The highest BCUT2D eigenvalue weighted by atomic mass is 32.1. The molecule has 1 aliphatic rings. The third kappa shape index (κ3) is 3.72. The van der Waals surface area contributed by atoms with Crippen LogP contribution in [0.4, 0.5) is 11.8 Å². The molecule has 0 aliphatic carbocycles. The molecule has 9 nitrogen and oxygen atoms in total. The first-order valence-electron chi connectivity index (χ1n) is 8.82. The van der Waals surface area contributed by atoms with Crippen molar-refractivity contribution in [2.75, 3.05) is 36.4 Å². The first-order valence-corrected chi connectivity index (χ1v) is 9.70. The summed E-state index contributed by atoms with van der Waals surface area (Å²) in [5.74, 6) is 0.790. The molecule has 10 heteroatoms. The lowest BCUT2D eigenvalue weighted by molar-refractivity contribution is 0.0739. The fraction of sp³-hybridized carbons (Fsp3) is 0.278. The Morgan fingerprint density at radius 3 is 2.54 bits per heavy atom. The van der Waals surface area contributed by atoms with Crippen LogP contribution < -0.4 is 10.2 Å². The fourth-order valence-electron chi connectivity index (χ4n) is 3.00. The minimum Gasteiger partial charge on any atom is -0.337 e. The fourth-order valence-corrected chi connectivity index (χ4v) is 3.62. The Hall–Kier alpha value is -3.27. The van der Waals surface area contributed by atoms with E-state index in [9.17, 15) is 9.59 Å². The lowest BCUT2D eigenvalue weighted by Gasteiger charge is -2.34. The van der Waals surface area contributed by atoms with Gasteiger partial charge in [-0.3, -0.25) is 14.3 Å². The maximum atomic E-state index is 12.8. The molecular formula is C18H19N7O2S. The average Bonchev–Trinajstić information content (AvgIpc) is 3.39. The van der Waals surface area contributed by atoms with Crippen molar-refractivity contribution in [1.29, 1.82) is 0 Å². The lowest BCUT2D eigenvalue weighted by atomic mass is 10.3. The van der Waals surface area contributed by atoms with Gasteiger partial charge in [0.05, 0.1) is 4.88 Å². The van der Waals surface area contributed by atoms with E-state index in [4.69, 9.17) is 0 Å². The molecule has 0 spiro atoms. The van der Waals surface area contributed by atoms with Crippen LogP contribution >= 0.6 is 11.3 Å². The Morgan fingerprint density at radius 1 is 1.11 bits per heavy atom. The van der Waals surface area contributed by atoms with E-state index in [1.54, 1.807) is 42.5 Å². The summed E-state index contributed by atoms with van der Waals surface area (Å²) in [5.41, 5.74) is 0.313. The molecule has 0 radical (unpaired) electrons. The van der Waals surface area contributed by atoms with Gasteiger partial charge in [-0.2, -0.15) is 5.10 Å². The molecule has 3 aromatic rings. The third-order valence-corrected chi connectivity index (χ3v) is 5.36. The van der Waals surface area contributed by atoms with Gasteiger partial charge in [0.2, 0.25) is 5.95 Å². The van der Waals surface area contributed by atoms with E-state index in [0.717, 1.165) is 0 Å². The highest BCUT2D eigenvalue weighted by molar-refractivity contribution is 7.12. The van der Waals surface area contributed by atoms with Gasteiger partial charge in [0.15, 0.2) is 5.69 Å². The summed E-state index contributed by atoms with van der Waals surface area (Å²) in [4.78, 5) is 37.9. The van der Waals surface area contributed by atoms with Gasteiger partial charge >= 0.3 is 0 Å². The van der Waals surface area contributed by atoms with E-state index in [1.807, 2.05) is 11.4 Å². The molecule has 0 aromatic carbocycles. The predicted octanol–water partition coefficient (Wildman–Crippen LogP) is 1.49. The molecule has 1 aliphatic heterocycles. The summed E-state index contributed by atoms with van der Waals surface area (Å²) in [7, 11) is 1.70. The number of anilines is 2. The summed E-state index contributed by atoms with van der Waals surface area (Å²) in [5, 5.41) is 8.91. The van der Waals surface area contributed by atoms with Crippen molar-refractivity contribution in [3.05, 3.63) is 52.6 Å². The number of carbonyl (C=O) groups is 2. The van der Waals surface area contributed by atoms with Gasteiger partial charge in [0, 0.05) is 51.7 Å². The molecule has 3 aromatic heterocycles. The van der Waals surface area contributed by atoms with Gasteiger partial charge in [-0.1, -0.05) is 6.07 Å². The van der Waals surface area contributed by atoms with Crippen LogP contribution in [-0.2, 0) is 7.05 Å².